The predicted molar refractivity (Wildman–Crippen MR) is 106 cm³/mol. The first-order valence-electron chi connectivity index (χ1n) is 9.72. The summed E-state index contributed by atoms with van der Waals surface area (Å²) in [4.78, 5) is 28.9. The summed E-state index contributed by atoms with van der Waals surface area (Å²) in [6, 6.07) is 4.62. The maximum absolute atomic E-state index is 12.8. The maximum Gasteiger partial charge on any atom is 0.416 e. The van der Waals surface area contributed by atoms with Crippen LogP contribution in [0.4, 0.5) is 13.2 Å². The molecule has 0 bridgehead atoms. The molecule has 1 aromatic rings. The van der Waals surface area contributed by atoms with E-state index in [0.717, 1.165) is 38.1 Å². The Labute approximate surface area is 175 Å². The second-order valence-corrected chi connectivity index (χ2v) is 7.55. The second-order valence-electron chi connectivity index (χ2n) is 7.55. The van der Waals surface area contributed by atoms with Gasteiger partial charge in [0.25, 0.3) is 5.91 Å². The summed E-state index contributed by atoms with van der Waals surface area (Å²) in [5.74, 6) is -0.221. The topological polar surface area (TPSA) is 52.7 Å². The Balaban J connectivity index is 0.00000300. The van der Waals surface area contributed by atoms with E-state index in [-0.39, 0.29) is 35.7 Å². The fourth-order valence-electron chi connectivity index (χ4n) is 3.99. The van der Waals surface area contributed by atoms with Gasteiger partial charge in [0.1, 0.15) is 0 Å². The minimum absolute atomic E-state index is 0. The molecule has 1 unspecified atom stereocenters. The van der Waals surface area contributed by atoms with Gasteiger partial charge in [-0.1, -0.05) is 0 Å². The fraction of sp³-hybridized carbons (Fsp3) is 0.600. The van der Waals surface area contributed by atoms with Gasteiger partial charge >= 0.3 is 6.18 Å². The number of amides is 2. The number of benzene rings is 1. The molecule has 0 saturated carbocycles. The molecule has 162 valence electrons. The fourth-order valence-corrected chi connectivity index (χ4v) is 3.99. The van der Waals surface area contributed by atoms with E-state index in [9.17, 15) is 22.8 Å². The van der Waals surface area contributed by atoms with E-state index in [1.807, 2.05) is 11.9 Å². The molecule has 2 amide bonds. The van der Waals surface area contributed by atoms with Gasteiger partial charge in [-0.25, -0.2) is 0 Å². The van der Waals surface area contributed by atoms with Crippen molar-refractivity contribution in [2.45, 2.75) is 37.9 Å². The molecule has 29 heavy (non-hydrogen) atoms. The first-order valence-corrected chi connectivity index (χ1v) is 9.72. The van der Waals surface area contributed by atoms with Crippen molar-refractivity contribution in [3.63, 3.8) is 0 Å². The number of likely N-dealkylation sites (N-methyl/N-ethyl adjacent to an activating group) is 1. The summed E-state index contributed by atoms with van der Waals surface area (Å²) in [7, 11) is 1.91. The Morgan fingerprint density at radius 1 is 1.00 bits per heavy atom. The summed E-state index contributed by atoms with van der Waals surface area (Å²) < 4.78 is 38.0. The van der Waals surface area contributed by atoms with E-state index in [1.165, 1.54) is 12.1 Å². The summed E-state index contributed by atoms with van der Waals surface area (Å²) >= 11 is 0. The average molecular weight is 434 g/mol. The van der Waals surface area contributed by atoms with Gasteiger partial charge in [0, 0.05) is 43.7 Å². The molecule has 2 aliphatic heterocycles. The van der Waals surface area contributed by atoms with Gasteiger partial charge in [0.05, 0.1) is 5.56 Å². The van der Waals surface area contributed by atoms with Gasteiger partial charge in [-0.3, -0.25) is 9.59 Å². The van der Waals surface area contributed by atoms with Gasteiger partial charge in [0.2, 0.25) is 5.91 Å². The average Bonchev–Trinajstić information content (AvgIpc) is 2.72. The van der Waals surface area contributed by atoms with Crippen LogP contribution >= 0.6 is 12.4 Å². The standard InChI is InChI=1S/C20H26F3N3O2.ClH/c1-24-17-3-2-10-26(13-17)19(28)15-8-11-25(12-9-15)18(27)14-4-6-16(7-5-14)20(21,22)23;/h4-7,15,17,24H,2-3,8-13H2,1H3;1H. The molecular weight excluding hydrogens is 407 g/mol. The van der Waals surface area contributed by atoms with Gasteiger partial charge in [0.15, 0.2) is 0 Å². The minimum Gasteiger partial charge on any atom is -0.341 e. The van der Waals surface area contributed by atoms with Crippen molar-refractivity contribution in [3.05, 3.63) is 35.4 Å². The number of hydrogen-bond acceptors (Lipinski definition) is 3. The molecule has 2 fully saturated rings. The number of halogens is 4. The molecule has 2 aliphatic rings. The number of carbonyl (C=O) groups is 2. The normalized spacial score (nSPS) is 20.9. The number of hydrogen-bond donors (Lipinski definition) is 1. The lowest BCUT2D eigenvalue weighted by molar-refractivity contribution is -0.138. The molecule has 0 aliphatic carbocycles. The minimum atomic E-state index is -4.42. The lowest BCUT2D eigenvalue weighted by atomic mass is 9.93. The number of piperidine rings is 2. The molecule has 0 radical (unpaired) electrons. The number of likely N-dealkylation sites (tertiary alicyclic amines) is 2. The van der Waals surface area contributed by atoms with Crippen LogP contribution in [0, 0.1) is 5.92 Å². The zero-order valence-electron chi connectivity index (χ0n) is 16.4. The van der Waals surface area contributed by atoms with Crippen LogP contribution < -0.4 is 5.32 Å². The van der Waals surface area contributed by atoms with Gasteiger partial charge in [-0.2, -0.15) is 13.2 Å². The van der Waals surface area contributed by atoms with E-state index >= 15 is 0 Å². The maximum atomic E-state index is 12.8. The van der Waals surface area contributed by atoms with E-state index in [2.05, 4.69) is 5.32 Å². The predicted octanol–water partition coefficient (Wildman–Crippen LogP) is 3.19. The summed E-state index contributed by atoms with van der Waals surface area (Å²) in [6.07, 6.45) is -1.18. The third-order valence-electron chi connectivity index (χ3n) is 5.73. The number of carbonyl (C=O) groups excluding carboxylic acids is 2. The van der Waals surface area contributed by atoms with E-state index in [1.54, 1.807) is 4.90 Å². The zero-order chi connectivity index (χ0) is 20.3. The summed E-state index contributed by atoms with van der Waals surface area (Å²) in [5.41, 5.74) is -0.527. The third-order valence-corrected chi connectivity index (χ3v) is 5.73. The van der Waals surface area contributed by atoms with Crippen LogP contribution in [0.15, 0.2) is 24.3 Å². The lowest BCUT2D eigenvalue weighted by Crippen LogP contribution is -2.50. The van der Waals surface area contributed by atoms with Crippen molar-refractivity contribution >= 4 is 24.2 Å². The molecule has 0 spiro atoms. The SMILES string of the molecule is CNC1CCCN(C(=O)C2CCN(C(=O)c3ccc(C(F)(F)F)cc3)CC2)C1.Cl. The van der Waals surface area contributed by atoms with Crippen LogP contribution in [0.5, 0.6) is 0 Å². The highest BCUT2D eigenvalue weighted by molar-refractivity contribution is 5.94. The molecule has 5 nitrogen and oxygen atoms in total. The van der Waals surface area contributed by atoms with E-state index in [0.29, 0.717) is 32.0 Å². The first kappa shape index (κ1) is 23.5. The highest BCUT2D eigenvalue weighted by Crippen LogP contribution is 2.29. The van der Waals surface area contributed by atoms with Crippen molar-refractivity contribution in [2.24, 2.45) is 5.92 Å². The van der Waals surface area contributed by atoms with Crippen molar-refractivity contribution in [1.82, 2.24) is 15.1 Å². The van der Waals surface area contributed by atoms with Crippen LogP contribution in [-0.2, 0) is 11.0 Å². The van der Waals surface area contributed by atoms with Gasteiger partial charge in [-0.15, -0.1) is 12.4 Å². The summed E-state index contributed by atoms with van der Waals surface area (Å²) in [6.45, 7) is 2.39. The molecule has 9 heteroatoms. The van der Waals surface area contributed by atoms with E-state index in [4.69, 9.17) is 0 Å². The Morgan fingerprint density at radius 3 is 2.17 bits per heavy atom. The zero-order valence-corrected chi connectivity index (χ0v) is 17.2. The number of nitrogens with one attached hydrogen (secondary N) is 1. The number of nitrogens with zero attached hydrogens (tertiary/aromatic N) is 2. The van der Waals surface area contributed by atoms with Crippen LogP contribution in [-0.4, -0.2) is 60.9 Å². The van der Waals surface area contributed by atoms with Gasteiger partial charge < -0.3 is 15.1 Å². The van der Waals surface area contributed by atoms with Crippen LogP contribution in [0.2, 0.25) is 0 Å². The Morgan fingerprint density at radius 2 is 1.62 bits per heavy atom. The quantitative estimate of drug-likeness (QED) is 0.796. The molecule has 0 aromatic heterocycles. The summed E-state index contributed by atoms with van der Waals surface area (Å²) in [5, 5.41) is 3.23. The molecule has 1 atom stereocenters. The first-order chi connectivity index (χ1) is 13.3. The van der Waals surface area contributed by atoms with Crippen molar-refractivity contribution in [2.75, 3.05) is 33.2 Å². The number of alkyl halides is 3. The number of rotatable bonds is 3. The molecule has 2 saturated heterocycles. The lowest BCUT2D eigenvalue weighted by Gasteiger charge is -2.37. The Kier molecular flexibility index (Phi) is 7.94. The molecule has 3 rings (SSSR count). The molecule has 2 heterocycles. The largest absolute Gasteiger partial charge is 0.416 e. The van der Waals surface area contributed by atoms with Gasteiger partial charge in [-0.05, 0) is 57.0 Å². The Bertz CT molecular complexity index is 704. The van der Waals surface area contributed by atoms with Crippen molar-refractivity contribution in [3.8, 4) is 0 Å². The van der Waals surface area contributed by atoms with Crippen molar-refractivity contribution < 1.29 is 22.8 Å². The Hall–Kier alpha value is -1.80. The monoisotopic (exact) mass is 433 g/mol. The van der Waals surface area contributed by atoms with Crippen LogP contribution in [0.3, 0.4) is 0 Å². The second kappa shape index (κ2) is 9.80. The highest BCUT2D eigenvalue weighted by atomic mass is 35.5. The molecule has 1 N–H and O–H groups in total. The highest BCUT2D eigenvalue weighted by Gasteiger charge is 2.33. The van der Waals surface area contributed by atoms with Crippen LogP contribution in [0.1, 0.15) is 41.6 Å². The van der Waals surface area contributed by atoms with E-state index < -0.39 is 11.7 Å². The van der Waals surface area contributed by atoms with Crippen LogP contribution in [0.25, 0.3) is 0 Å². The van der Waals surface area contributed by atoms with Crippen molar-refractivity contribution in [1.29, 1.82) is 0 Å². The third kappa shape index (κ3) is 5.63. The molecular formula is C20H27ClF3N3O2. The smallest absolute Gasteiger partial charge is 0.341 e. The molecule has 1 aromatic carbocycles.